The van der Waals surface area contributed by atoms with Crippen molar-refractivity contribution in [2.45, 2.75) is 0 Å². The monoisotopic (exact) mass is 220 g/mol. The van der Waals surface area contributed by atoms with E-state index in [1.807, 2.05) is 18.2 Å². The zero-order valence-corrected chi connectivity index (χ0v) is 8.73. The van der Waals surface area contributed by atoms with Crippen LogP contribution in [0.25, 0.3) is 0 Å². The number of nitrogens with one attached hydrogen (secondary N) is 1. The quantitative estimate of drug-likeness (QED) is 0.767. The summed E-state index contributed by atoms with van der Waals surface area (Å²) < 4.78 is 10.9. The highest BCUT2D eigenvalue weighted by Gasteiger charge is 2.22. The smallest absolute Gasteiger partial charge is 0.321 e. The van der Waals surface area contributed by atoms with Crippen LogP contribution in [-0.4, -0.2) is 32.3 Å². The molecular weight excluding hydrogens is 208 g/mol. The van der Waals surface area contributed by atoms with Crippen molar-refractivity contribution in [1.29, 1.82) is 0 Å². The summed E-state index contributed by atoms with van der Waals surface area (Å²) in [5.41, 5.74) is 0.847. The van der Waals surface area contributed by atoms with Crippen LogP contribution in [0.15, 0.2) is 18.2 Å². The number of hydrogen-bond donors (Lipinski definition) is 1. The Kier molecular flexibility index (Phi) is 2.09. The van der Waals surface area contributed by atoms with Crippen molar-refractivity contribution in [3.8, 4) is 11.5 Å². The topological polar surface area (TPSA) is 50.8 Å². The maximum Gasteiger partial charge on any atom is 0.321 e. The van der Waals surface area contributed by atoms with Gasteiger partial charge in [0.25, 0.3) is 0 Å². The zero-order valence-electron chi connectivity index (χ0n) is 8.73. The number of fused-ring (bicyclic) bond motifs is 1. The van der Waals surface area contributed by atoms with Gasteiger partial charge >= 0.3 is 6.03 Å². The Hall–Kier alpha value is -1.91. The Bertz CT molecular complexity index is 433. The summed E-state index contributed by atoms with van der Waals surface area (Å²) in [6.07, 6.45) is 0. The Morgan fingerprint density at radius 3 is 2.75 bits per heavy atom. The molecule has 0 spiro atoms. The first-order chi connectivity index (χ1) is 7.84. The van der Waals surface area contributed by atoms with Gasteiger partial charge in [-0.15, -0.1) is 0 Å². The molecule has 2 aliphatic heterocycles. The highest BCUT2D eigenvalue weighted by atomic mass is 16.6. The average molecular weight is 220 g/mol. The lowest BCUT2D eigenvalue weighted by Crippen LogP contribution is -2.27. The maximum absolute atomic E-state index is 11.5. The van der Waals surface area contributed by atoms with E-state index in [9.17, 15) is 4.79 Å². The second kappa shape index (κ2) is 3.59. The van der Waals surface area contributed by atoms with Crippen molar-refractivity contribution in [2.24, 2.45) is 0 Å². The minimum absolute atomic E-state index is 0.0586. The van der Waals surface area contributed by atoms with Gasteiger partial charge in [0, 0.05) is 24.8 Å². The van der Waals surface area contributed by atoms with Gasteiger partial charge in [-0.25, -0.2) is 4.79 Å². The van der Waals surface area contributed by atoms with Gasteiger partial charge in [-0.3, -0.25) is 4.90 Å². The van der Waals surface area contributed by atoms with E-state index in [1.54, 1.807) is 4.90 Å². The van der Waals surface area contributed by atoms with Crippen LogP contribution in [0, 0.1) is 0 Å². The van der Waals surface area contributed by atoms with E-state index in [4.69, 9.17) is 9.47 Å². The number of amides is 2. The Balaban J connectivity index is 1.93. The van der Waals surface area contributed by atoms with Gasteiger partial charge in [0.2, 0.25) is 0 Å². The number of urea groups is 1. The van der Waals surface area contributed by atoms with Crippen molar-refractivity contribution in [1.82, 2.24) is 5.32 Å². The van der Waals surface area contributed by atoms with Gasteiger partial charge in [0.1, 0.15) is 13.2 Å². The average Bonchev–Trinajstić information content (AvgIpc) is 2.75. The molecule has 0 atom stereocenters. The lowest BCUT2D eigenvalue weighted by molar-refractivity contribution is 0.171. The number of ether oxygens (including phenoxy) is 2. The SMILES string of the molecule is O=C1NCCN1c1ccc2c(c1)OCCO2. The first-order valence-electron chi connectivity index (χ1n) is 5.29. The summed E-state index contributed by atoms with van der Waals surface area (Å²) in [5, 5.41) is 2.76. The maximum atomic E-state index is 11.5. The molecule has 1 saturated heterocycles. The summed E-state index contributed by atoms with van der Waals surface area (Å²) >= 11 is 0. The highest BCUT2D eigenvalue weighted by molar-refractivity contribution is 5.94. The van der Waals surface area contributed by atoms with Crippen LogP contribution in [0.3, 0.4) is 0 Å². The molecule has 16 heavy (non-hydrogen) atoms. The molecule has 0 aliphatic carbocycles. The molecule has 0 bridgehead atoms. The van der Waals surface area contributed by atoms with Crippen molar-refractivity contribution in [3.05, 3.63) is 18.2 Å². The number of hydrogen-bond acceptors (Lipinski definition) is 3. The van der Waals surface area contributed by atoms with E-state index in [-0.39, 0.29) is 6.03 Å². The van der Waals surface area contributed by atoms with Gasteiger partial charge in [-0.1, -0.05) is 0 Å². The summed E-state index contributed by atoms with van der Waals surface area (Å²) in [4.78, 5) is 13.2. The number of benzene rings is 1. The molecule has 2 amide bonds. The third-order valence-corrected chi connectivity index (χ3v) is 2.69. The molecule has 3 rings (SSSR count). The molecule has 0 radical (unpaired) electrons. The standard InChI is InChI=1S/C11H12N2O3/c14-11-12-3-4-13(11)8-1-2-9-10(7-8)16-6-5-15-9/h1-2,7H,3-6H2,(H,12,14). The van der Waals surface area contributed by atoms with Gasteiger partial charge in [0.15, 0.2) is 11.5 Å². The fourth-order valence-electron chi connectivity index (χ4n) is 1.92. The van der Waals surface area contributed by atoms with Crippen LogP contribution < -0.4 is 19.7 Å². The predicted octanol–water partition coefficient (Wildman–Crippen LogP) is 0.987. The summed E-state index contributed by atoms with van der Waals surface area (Å²) in [6.45, 7) is 2.52. The molecular formula is C11H12N2O3. The van der Waals surface area contributed by atoms with Crippen LogP contribution in [-0.2, 0) is 0 Å². The van der Waals surface area contributed by atoms with Gasteiger partial charge in [-0.05, 0) is 12.1 Å². The highest BCUT2D eigenvalue weighted by Crippen LogP contribution is 2.34. The first kappa shape index (κ1) is 9.33. The second-order valence-electron chi connectivity index (χ2n) is 3.71. The third kappa shape index (κ3) is 1.44. The molecule has 5 heteroatoms. The lowest BCUT2D eigenvalue weighted by atomic mass is 10.2. The zero-order chi connectivity index (χ0) is 11.0. The molecule has 2 aliphatic rings. The van der Waals surface area contributed by atoms with Crippen molar-refractivity contribution < 1.29 is 14.3 Å². The van der Waals surface area contributed by atoms with Crippen molar-refractivity contribution in [2.75, 3.05) is 31.2 Å². The van der Waals surface area contributed by atoms with Crippen molar-refractivity contribution >= 4 is 11.7 Å². The molecule has 1 aromatic rings. The molecule has 2 heterocycles. The Labute approximate surface area is 92.9 Å². The van der Waals surface area contributed by atoms with Gasteiger partial charge in [0.05, 0.1) is 0 Å². The minimum atomic E-state index is -0.0586. The summed E-state index contributed by atoms with van der Waals surface area (Å²) in [5.74, 6) is 1.46. The molecule has 0 aromatic heterocycles. The van der Waals surface area contributed by atoms with Crippen LogP contribution in [0.2, 0.25) is 0 Å². The largest absolute Gasteiger partial charge is 0.486 e. The molecule has 0 saturated carbocycles. The predicted molar refractivity (Wildman–Crippen MR) is 58.2 cm³/mol. The fourth-order valence-corrected chi connectivity index (χ4v) is 1.92. The molecule has 5 nitrogen and oxygen atoms in total. The molecule has 1 fully saturated rings. The van der Waals surface area contributed by atoms with Crippen molar-refractivity contribution in [3.63, 3.8) is 0 Å². The number of carbonyl (C=O) groups is 1. The fraction of sp³-hybridized carbons (Fsp3) is 0.364. The van der Waals surface area contributed by atoms with Crippen LogP contribution in [0.1, 0.15) is 0 Å². The lowest BCUT2D eigenvalue weighted by Gasteiger charge is -2.21. The van der Waals surface area contributed by atoms with Crippen LogP contribution in [0.5, 0.6) is 11.5 Å². The van der Waals surface area contributed by atoms with E-state index in [2.05, 4.69) is 5.32 Å². The summed E-state index contributed by atoms with van der Waals surface area (Å²) in [7, 11) is 0. The molecule has 0 unspecified atom stereocenters. The number of carbonyl (C=O) groups excluding carboxylic acids is 1. The third-order valence-electron chi connectivity index (χ3n) is 2.69. The molecule has 1 aromatic carbocycles. The molecule has 1 N–H and O–H groups in total. The van der Waals surface area contributed by atoms with Gasteiger partial charge in [-0.2, -0.15) is 0 Å². The number of rotatable bonds is 1. The minimum Gasteiger partial charge on any atom is -0.486 e. The van der Waals surface area contributed by atoms with E-state index >= 15 is 0 Å². The van der Waals surface area contributed by atoms with Gasteiger partial charge < -0.3 is 14.8 Å². The molecule has 84 valence electrons. The van der Waals surface area contributed by atoms with E-state index in [1.165, 1.54) is 0 Å². The normalized spacial score (nSPS) is 18.5. The second-order valence-corrected chi connectivity index (χ2v) is 3.71. The first-order valence-corrected chi connectivity index (χ1v) is 5.29. The van der Waals surface area contributed by atoms with Crippen LogP contribution in [0.4, 0.5) is 10.5 Å². The number of nitrogens with zero attached hydrogens (tertiary/aromatic N) is 1. The Morgan fingerprint density at radius 2 is 2.00 bits per heavy atom. The van der Waals surface area contributed by atoms with Crippen LogP contribution >= 0.6 is 0 Å². The summed E-state index contributed by atoms with van der Waals surface area (Å²) in [6, 6.07) is 5.50. The van der Waals surface area contributed by atoms with E-state index in [0.717, 1.165) is 11.4 Å². The van der Waals surface area contributed by atoms with E-state index < -0.39 is 0 Å². The van der Waals surface area contributed by atoms with E-state index in [0.29, 0.717) is 32.1 Å². The Morgan fingerprint density at radius 1 is 1.19 bits per heavy atom. The number of anilines is 1.